The molecule has 1 atom stereocenters. The largest absolute Gasteiger partial charge is 0.300 e. The smallest absolute Gasteiger partial charge is 0.132 e. The summed E-state index contributed by atoms with van der Waals surface area (Å²) in [5, 5.41) is 0. The summed E-state index contributed by atoms with van der Waals surface area (Å²) in [6.07, 6.45) is 5.38. The fourth-order valence-electron chi connectivity index (χ4n) is 2.38. The number of aryl methyl sites for hydroxylation is 2. The van der Waals surface area contributed by atoms with Crippen molar-refractivity contribution in [3.8, 4) is 0 Å². The SMILES string of the molecule is CCC(=O)CCCS(=O)c1ccc2c(c1)CCC2. The molecule has 18 heavy (non-hydrogen) atoms. The van der Waals surface area contributed by atoms with Gasteiger partial charge in [-0.1, -0.05) is 13.0 Å². The van der Waals surface area contributed by atoms with E-state index in [-0.39, 0.29) is 5.78 Å². The maximum atomic E-state index is 12.1. The zero-order valence-corrected chi connectivity index (χ0v) is 11.7. The first kappa shape index (κ1) is 13.5. The molecule has 1 aromatic rings. The van der Waals surface area contributed by atoms with Crippen molar-refractivity contribution in [3.05, 3.63) is 29.3 Å². The summed E-state index contributed by atoms with van der Waals surface area (Å²) < 4.78 is 12.1. The Morgan fingerprint density at radius 3 is 2.83 bits per heavy atom. The Balaban J connectivity index is 1.91. The quantitative estimate of drug-likeness (QED) is 0.791. The number of rotatable bonds is 6. The lowest BCUT2D eigenvalue weighted by Crippen LogP contribution is -2.03. The van der Waals surface area contributed by atoms with Crippen molar-refractivity contribution in [2.75, 3.05) is 5.75 Å². The Labute approximate surface area is 111 Å². The monoisotopic (exact) mass is 264 g/mol. The molecule has 1 unspecified atom stereocenters. The summed E-state index contributed by atoms with van der Waals surface area (Å²) in [5.74, 6) is 0.866. The van der Waals surface area contributed by atoms with Crippen molar-refractivity contribution in [1.29, 1.82) is 0 Å². The van der Waals surface area contributed by atoms with E-state index in [9.17, 15) is 9.00 Å². The van der Waals surface area contributed by atoms with E-state index in [2.05, 4.69) is 12.1 Å². The molecule has 2 rings (SSSR count). The predicted octanol–water partition coefficient (Wildman–Crippen LogP) is 3.04. The highest BCUT2D eigenvalue weighted by Gasteiger charge is 2.13. The molecule has 0 spiro atoms. The van der Waals surface area contributed by atoms with Gasteiger partial charge in [-0.15, -0.1) is 0 Å². The molecule has 0 aromatic heterocycles. The van der Waals surface area contributed by atoms with Gasteiger partial charge in [-0.05, 0) is 48.9 Å². The molecule has 1 aliphatic carbocycles. The van der Waals surface area contributed by atoms with Gasteiger partial charge in [0.05, 0.1) is 10.8 Å². The maximum Gasteiger partial charge on any atom is 0.132 e. The Morgan fingerprint density at radius 2 is 2.06 bits per heavy atom. The van der Waals surface area contributed by atoms with E-state index in [1.54, 1.807) is 0 Å². The number of hydrogen-bond acceptors (Lipinski definition) is 2. The van der Waals surface area contributed by atoms with E-state index < -0.39 is 10.8 Å². The van der Waals surface area contributed by atoms with E-state index >= 15 is 0 Å². The Bertz CT molecular complexity index is 466. The van der Waals surface area contributed by atoms with Gasteiger partial charge in [-0.2, -0.15) is 0 Å². The lowest BCUT2D eigenvalue weighted by Gasteiger charge is -2.05. The van der Waals surface area contributed by atoms with Gasteiger partial charge >= 0.3 is 0 Å². The molecule has 0 fully saturated rings. The van der Waals surface area contributed by atoms with Crippen molar-refractivity contribution in [2.45, 2.75) is 50.3 Å². The zero-order valence-electron chi connectivity index (χ0n) is 10.9. The van der Waals surface area contributed by atoms with Crippen LogP contribution in [0.25, 0.3) is 0 Å². The van der Waals surface area contributed by atoms with Gasteiger partial charge in [-0.25, -0.2) is 0 Å². The van der Waals surface area contributed by atoms with E-state index in [0.29, 0.717) is 18.6 Å². The lowest BCUT2D eigenvalue weighted by molar-refractivity contribution is -0.118. The Kier molecular flexibility index (Phi) is 4.70. The first-order valence-electron chi connectivity index (χ1n) is 6.72. The van der Waals surface area contributed by atoms with Crippen LogP contribution >= 0.6 is 0 Å². The summed E-state index contributed by atoms with van der Waals surface area (Å²) in [4.78, 5) is 12.1. The number of hydrogen-bond donors (Lipinski definition) is 0. The average Bonchev–Trinajstić information content (AvgIpc) is 2.85. The van der Waals surface area contributed by atoms with Gasteiger partial charge in [0.2, 0.25) is 0 Å². The van der Waals surface area contributed by atoms with Crippen LogP contribution in [0.5, 0.6) is 0 Å². The molecule has 0 saturated carbocycles. The van der Waals surface area contributed by atoms with E-state index in [0.717, 1.165) is 24.2 Å². The van der Waals surface area contributed by atoms with Gasteiger partial charge in [0.1, 0.15) is 5.78 Å². The number of benzene rings is 1. The molecule has 98 valence electrons. The summed E-state index contributed by atoms with van der Waals surface area (Å²) in [6, 6.07) is 6.20. The van der Waals surface area contributed by atoms with Crippen LogP contribution in [0.4, 0.5) is 0 Å². The van der Waals surface area contributed by atoms with E-state index in [1.165, 1.54) is 17.5 Å². The predicted molar refractivity (Wildman–Crippen MR) is 74.3 cm³/mol. The molecule has 0 amide bonds. The third-order valence-electron chi connectivity index (χ3n) is 3.51. The third kappa shape index (κ3) is 3.29. The molecule has 1 aliphatic rings. The van der Waals surface area contributed by atoms with Crippen LogP contribution < -0.4 is 0 Å². The normalized spacial score (nSPS) is 15.4. The van der Waals surface area contributed by atoms with Crippen molar-refractivity contribution in [3.63, 3.8) is 0 Å². The van der Waals surface area contributed by atoms with E-state index in [4.69, 9.17) is 0 Å². The molecule has 0 radical (unpaired) electrons. The van der Waals surface area contributed by atoms with Crippen LogP contribution in [-0.4, -0.2) is 15.7 Å². The highest BCUT2D eigenvalue weighted by Crippen LogP contribution is 2.24. The molecule has 0 N–H and O–H groups in total. The highest BCUT2D eigenvalue weighted by molar-refractivity contribution is 7.85. The molecule has 0 aliphatic heterocycles. The van der Waals surface area contributed by atoms with Crippen LogP contribution in [0, 0.1) is 0 Å². The summed E-state index contributed by atoms with van der Waals surface area (Å²) >= 11 is 0. The number of fused-ring (bicyclic) bond motifs is 1. The van der Waals surface area contributed by atoms with Crippen molar-refractivity contribution >= 4 is 16.6 Å². The van der Waals surface area contributed by atoms with Crippen LogP contribution in [0.1, 0.15) is 43.7 Å². The van der Waals surface area contributed by atoms with E-state index in [1.807, 2.05) is 13.0 Å². The van der Waals surface area contributed by atoms with Gasteiger partial charge in [0.25, 0.3) is 0 Å². The van der Waals surface area contributed by atoms with Gasteiger partial charge in [0, 0.05) is 23.5 Å². The molecular weight excluding hydrogens is 244 g/mol. The number of carbonyl (C=O) groups is 1. The zero-order chi connectivity index (χ0) is 13.0. The van der Waals surface area contributed by atoms with Crippen LogP contribution in [-0.2, 0) is 28.4 Å². The molecule has 0 saturated heterocycles. The Morgan fingerprint density at radius 1 is 1.28 bits per heavy atom. The minimum atomic E-state index is -0.946. The first-order chi connectivity index (χ1) is 8.70. The van der Waals surface area contributed by atoms with Gasteiger partial charge in [0.15, 0.2) is 0 Å². The average molecular weight is 264 g/mol. The minimum absolute atomic E-state index is 0.265. The fourth-order valence-corrected chi connectivity index (χ4v) is 3.52. The highest BCUT2D eigenvalue weighted by atomic mass is 32.2. The molecule has 1 aromatic carbocycles. The number of Topliss-reactive ketones (excluding diaryl/α,β-unsaturated/α-hetero) is 1. The molecule has 0 heterocycles. The van der Waals surface area contributed by atoms with Crippen molar-refractivity contribution in [2.24, 2.45) is 0 Å². The molecule has 2 nitrogen and oxygen atoms in total. The molecule has 0 bridgehead atoms. The fraction of sp³-hybridized carbons (Fsp3) is 0.533. The number of ketones is 1. The summed E-state index contributed by atoms with van der Waals surface area (Å²) in [6.45, 7) is 1.87. The second-order valence-electron chi connectivity index (χ2n) is 4.83. The van der Waals surface area contributed by atoms with Gasteiger partial charge in [-0.3, -0.25) is 9.00 Å². The van der Waals surface area contributed by atoms with Gasteiger partial charge < -0.3 is 0 Å². The van der Waals surface area contributed by atoms with Crippen molar-refractivity contribution < 1.29 is 9.00 Å². The standard InChI is InChI=1S/C15H20O2S/c1-2-14(16)7-4-10-18(17)15-9-8-12-5-3-6-13(12)11-15/h8-9,11H,2-7,10H2,1H3. The third-order valence-corrected chi connectivity index (χ3v) is 4.95. The van der Waals surface area contributed by atoms with Crippen LogP contribution in [0.15, 0.2) is 23.1 Å². The summed E-state index contributed by atoms with van der Waals surface area (Å²) in [5.41, 5.74) is 2.78. The lowest BCUT2D eigenvalue weighted by atomic mass is 10.1. The maximum absolute atomic E-state index is 12.1. The second kappa shape index (κ2) is 6.28. The first-order valence-corrected chi connectivity index (χ1v) is 8.04. The second-order valence-corrected chi connectivity index (χ2v) is 6.40. The summed E-state index contributed by atoms with van der Waals surface area (Å²) in [7, 11) is -0.946. The van der Waals surface area contributed by atoms with Crippen LogP contribution in [0.2, 0.25) is 0 Å². The van der Waals surface area contributed by atoms with Crippen LogP contribution in [0.3, 0.4) is 0 Å². The Hall–Kier alpha value is -0.960. The van der Waals surface area contributed by atoms with Crippen molar-refractivity contribution in [1.82, 2.24) is 0 Å². The molecular formula is C15H20O2S. The number of carbonyl (C=O) groups excluding carboxylic acids is 1. The molecule has 3 heteroatoms. The topological polar surface area (TPSA) is 34.1 Å². The minimum Gasteiger partial charge on any atom is -0.300 e.